The lowest BCUT2D eigenvalue weighted by atomic mass is 9.95. The zero-order valence-corrected chi connectivity index (χ0v) is 20.7. The smallest absolute Gasteiger partial charge is 0.341 e. The molecule has 1 amide bonds. The first-order valence-corrected chi connectivity index (χ1v) is 12.3. The van der Waals surface area contributed by atoms with Crippen molar-refractivity contribution in [3.05, 3.63) is 74.7 Å². The summed E-state index contributed by atoms with van der Waals surface area (Å²) >= 11 is 1.61. The summed E-state index contributed by atoms with van der Waals surface area (Å²) in [6.07, 6.45) is 5.48. The number of thiophene rings is 1. The maximum absolute atomic E-state index is 13.2. The molecule has 35 heavy (non-hydrogen) atoms. The van der Waals surface area contributed by atoms with Crippen LogP contribution in [0.4, 0.5) is 10.1 Å². The number of esters is 1. The third-order valence-electron chi connectivity index (χ3n) is 6.07. The Hall–Kier alpha value is -3.70. The van der Waals surface area contributed by atoms with E-state index >= 15 is 0 Å². The molecule has 0 unspecified atom stereocenters. The number of amides is 1. The number of rotatable bonds is 6. The largest absolute Gasteiger partial charge is 0.462 e. The van der Waals surface area contributed by atoms with Gasteiger partial charge in [0, 0.05) is 22.0 Å². The van der Waals surface area contributed by atoms with Crippen molar-refractivity contribution < 1.29 is 18.7 Å². The van der Waals surface area contributed by atoms with Crippen molar-refractivity contribution in [2.45, 2.75) is 46.5 Å². The van der Waals surface area contributed by atoms with Gasteiger partial charge in [-0.1, -0.05) is 0 Å². The summed E-state index contributed by atoms with van der Waals surface area (Å²) < 4.78 is 20.6. The Morgan fingerprint density at radius 1 is 1.23 bits per heavy atom. The highest BCUT2D eigenvalue weighted by molar-refractivity contribution is 7.15. The number of anilines is 1. The number of fused-ring (bicyclic) bond motifs is 1. The van der Waals surface area contributed by atoms with E-state index in [-0.39, 0.29) is 11.5 Å². The molecule has 8 heteroatoms. The summed E-state index contributed by atoms with van der Waals surface area (Å²) in [4.78, 5) is 26.9. The van der Waals surface area contributed by atoms with Gasteiger partial charge < -0.3 is 14.6 Å². The van der Waals surface area contributed by atoms with Gasteiger partial charge in [-0.3, -0.25) is 4.79 Å². The lowest BCUT2D eigenvalue weighted by molar-refractivity contribution is -0.112. The summed E-state index contributed by atoms with van der Waals surface area (Å²) in [6, 6.07) is 9.19. The van der Waals surface area contributed by atoms with Gasteiger partial charge in [-0.15, -0.1) is 11.3 Å². The minimum Gasteiger partial charge on any atom is -0.462 e. The second-order valence-electron chi connectivity index (χ2n) is 8.40. The monoisotopic (exact) mass is 491 g/mol. The van der Waals surface area contributed by atoms with Gasteiger partial charge in [0.2, 0.25) is 0 Å². The molecular weight excluding hydrogens is 465 g/mol. The Balaban J connectivity index is 1.73. The van der Waals surface area contributed by atoms with Crippen molar-refractivity contribution in [3.8, 4) is 11.1 Å². The Bertz CT molecular complexity index is 1360. The summed E-state index contributed by atoms with van der Waals surface area (Å²) in [5.74, 6) is -1.31. The van der Waals surface area contributed by atoms with Crippen LogP contribution in [0.3, 0.4) is 0 Å². The van der Waals surface area contributed by atoms with Gasteiger partial charge >= 0.3 is 5.97 Å². The molecule has 0 saturated heterocycles. The number of nitrogens with zero attached hydrogens (tertiary/aromatic N) is 2. The number of ether oxygens (including phenoxy) is 1. The topological polar surface area (TPSA) is 84.1 Å². The normalized spacial score (nSPS) is 13.2. The maximum Gasteiger partial charge on any atom is 0.341 e. The standard InChI is InChI=1S/C27H26FN3O3S/c1-4-34-27(33)24-22-7-5-6-8-23(22)35-26(24)31-16(2)13-18(17(31)3)14-19(15-29)25(32)30-21-11-9-20(28)10-12-21/h9-14H,4-8H2,1-3H3,(H,30,32). The number of nitriles is 1. The summed E-state index contributed by atoms with van der Waals surface area (Å²) in [5, 5.41) is 13.1. The third kappa shape index (κ3) is 4.91. The second kappa shape index (κ2) is 10.3. The SMILES string of the molecule is CCOC(=O)c1c(-n2c(C)cc(C=C(C#N)C(=O)Nc3ccc(F)cc3)c2C)sc2c1CCCC2. The first kappa shape index (κ1) is 24.4. The predicted molar refractivity (Wildman–Crippen MR) is 134 cm³/mol. The van der Waals surface area contributed by atoms with Crippen molar-refractivity contribution in [3.63, 3.8) is 0 Å². The minimum absolute atomic E-state index is 0.0781. The fourth-order valence-electron chi connectivity index (χ4n) is 4.40. The Morgan fingerprint density at radius 2 is 1.94 bits per heavy atom. The van der Waals surface area contributed by atoms with Crippen molar-refractivity contribution in [1.29, 1.82) is 5.26 Å². The van der Waals surface area contributed by atoms with E-state index in [0.29, 0.717) is 23.4 Å². The number of aryl methyl sites for hydroxylation is 2. The number of aromatic nitrogens is 1. The Morgan fingerprint density at radius 3 is 2.63 bits per heavy atom. The molecule has 2 aromatic heterocycles. The van der Waals surface area contributed by atoms with Crippen LogP contribution in [0.1, 0.15) is 57.5 Å². The fourth-order valence-corrected chi connectivity index (χ4v) is 5.89. The molecule has 0 fully saturated rings. The van der Waals surface area contributed by atoms with Gasteiger partial charge in [0.1, 0.15) is 22.5 Å². The molecule has 1 N–H and O–H groups in total. The van der Waals surface area contributed by atoms with Gasteiger partial charge in [-0.2, -0.15) is 5.26 Å². The average molecular weight is 492 g/mol. The number of nitrogens with one attached hydrogen (secondary N) is 1. The first-order valence-electron chi connectivity index (χ1n) is 11.5. The summed E-state index contributed by atoms with van der Waals surface area (Å²) in [7, 11) is 0. The molecule has 4 rings (SSSR count). The highest BCUT2D eigenvalue weighted by atomic mass is 32.1. The van der Waals surface area contributed by atoms with Crippen LogP contribution in [0.25, 0.3) is 11.1 Å². The van der Waals surface area contributed by atoms with Crippen molar-refractivity contribution in [1.82, 2.24) is 4.57 Å². The van der Waals surface area contributed by atoms with Gasteiger partial charge in [-0.25, -0.2) is 9.18 Å². The van der Waals surface area contributed by atoms with Crippen LogP contribution >= 0.6 is 11.3 Å². The molecule has 180 valence electrons. The molecule has 2 heterocycles. The van der Waals surface area contributed by atoms with Crippen LogP contribution in [-0.2, 0) is 22.4 Å². The Kier molecular flexibility index (Phi) is 7.17. The molecule has 1 aliphatic carbocycles. The average Bonchev–Trinajstić information content (AvgIpc) is 3.35. The number of carbonyl (C=O) groups is 2. The zero-order valence-electron chi connectivity index (χ0n) is 19.9. The van der Waals surface area contributed by atoms with E-state index in [1.165, 1.54) is 35.2 Å². The number of halogens is 1. The zero-order chi connectivity index (χ0) is 25.1. The van der Waals surface area contributed by atoms with E-state index in [1.54, 1.807) is 18.3 Å². The van der Waals surface area contributed by atoms with E-state index in [1.807, 2.05) is 30.6 Å². The predicted octanol–water partition coefficient (Wildman–Crippen LogP) is 5.90. The van der Waals surface area contributed by atoms with Crippen LogP contribution in [-0.4, -0.2) is 23.1 Å². The lowest BCUT2D eigenvalue weighted by Gasteiger charge is -2.13. The summed E-state index contributed by atoms with van der Waals surface area (Å²) in [5.41, 5.74) is 4.42. The molecule has 0 saturated carbocycles. The molecule has 3 aromatic rings. The van der Waals surface area contributed by atoms with Gasteiger partial charge in [0.15, 0.2) is 0 Å². The van der Waals surface area contributed by atoms with Crippen LogP contribution < -0.4 is 5.32 Å². The van der Waals surface area contributed by atoms with Crippen molar-refractivity contribution in [2.24, 2.45) is 0 Å². The van der Waals surface area contributed by atoms with E-state index in [9.17, 15) is 19.2 Å². The van der Waals surface area contributed by atoms with E-state index in [0.717, 1.165) is 47.6 Å². The number of hydrogen-bond acceptors (Lipinski definition) is 5. The maximum atomic E-state index is 13.2. The molecule has 6 nitrogen and oxygen atoms in total. The number of carbonyl (C=O) groups excluding carboxylic acids is 2. The summed E-state index contributed by atoms with van der Waals surface area (Å²) in [6.45, 7) is 5.93. The third-order valence-corrected chi connectivity index (χ3v) is 7.35. The van der Waals surface area contributed by atoms with Gasteiger partial charge in [0.05, 0.1) is 12.2 Å². The van der Waals surface area contributed by atoms with Gasteiger partial charge in [0.25, 0.3) is 5.91 Å². The highest BCUT2D eigenvalue weighted by Crippen LogP contribution is 2.39. The highest BCUT2D eigenvalue weighted by Gasteiger charge is 2.28. The van der Waals surface area contributed by atoms with Crippen LogP contribution in [0.2, 0.25) is 0 Å². The molecule has 0 atom stereocenters. The molecule has 1 aromatic carbocycles. The lowest BCUT2D eigenvalue weighted by Crippen LogP contribution is -2.13. The van der Waals surface area contributed by atoms with Crippen molar-refractivity contribution >= 4 is 35.0 Å². The molecule has 0 aliphatic heterocycles. The van der Waals surface area contributed by atoms with E-state index in [4.69, 9.17) is 4.74 Å². The second-order valence-corrected chi connectivity index (χ2v) is 9.49. The number of hydrogen-bond donors (Lipinski definition) is 1. The quantitative estimate of drug-likeness (QED) is 0.264. The molecule has 0 radical (unpaired) electrons. The Labute approximate surface area is 207 Å². The van der Waals surface area contributed by atoms with Crippen LogP contribution in [0, 0.1) is 31.0 Å². The van der Waals surface area contributed by atoms with E-state index in [2.05, 4.69) is 5.32 Å². The number of benzene rings is 1. The molecule has 1 aliphatic rings. The van der Waals surface area contributed by atoms with Crippen LogP contribution in [0.5, 0.6) is 0 Å². The minimum atomic E-state index is -0.581. The molecular formula is C27H26FN3O3S. The van der Waals surface area contributed by atoms with Crippen molar-refractivity contribution in [2.75, 3.05) is 11.9 Å². The fraction of sp³-hybridized carbons (Fsp3) is 0.296. The van der Waals surface area contributed by atoms with E-state index < -0.39 is 11.7 Å². The first-order chi connectivity index (χ1) is 16.8. The molecule has 0 bridgehead atoms. The van der Waals surface area contributed by atoms with Crippen LogP contribution in [0.15, 0.2) is 35.9 Å². The van der Waals surface area contributed by atoms with Gasteiger partial charge in [-0.05, 0) is 94.0 Å². The molecule has 0 spiro atoms.